The zero-order chi connectivity index (χ0) is 16.5. The molecule has 24 heavy (non-hydrogen) atoms. The number of aliphatic hydroxyl groups is 1. The van der Waals surface area contributed by atoms with Gasteiger partial charge in [-0.1, -0.05) is 18.2 Å². The Labute approximate surface area is 145 Å². The molecule has 1 atom stereocenters. The van der Waals surface area contributed by atoms with Crippen molar-refractivity contribution in [2.45, 2.75) is 32.4 Å². The van der Waals surface area contributed by atoms with Crippen molar-refractivity contribution in [3.63, 3.8) is 0 Å². The van der Waals surface area contributed by atoms with E-state index in [1.54, 1.807) is 11.3 Å². The first kappa shape index (κ1) is 15.4. The number of thiazole rings is 1. The van der Waals surface area contributed by atoms with Gasteiger partial charge >= 0.3 is 0 Å². The number of aliphatic hydroxyl groups excluding tert-OH is 1. The van der Waals surface area contributed by atoms with Crippen molar-refractivity contribution in [2.24, 2.45) is 0 Å². The first-order valence-corrected chi connectivity index (χ1v) is 9.06. The third kappa shape index (κ3) is 2.97. The van der Waals surface area contributed by atoms with E-state index in [4.69, 9.17) is 4.42 Å². The lowest BCUT2D eigenvalue weighted by molar-refractivity contribution is 0.168. The molecular formula is C19H20N2O2S. The number of hydrogen-bond donors (Lipinski definition) is 1. The van der Waals surface area contributed by atoms with Crippen molar-refractivity contribution in [1.29, 1.82) is 0 Å². The fraction of sp³-hybridized carbons (Fsp3) is 0.316. The molecule has 0 spiro atoms. The highest BCUT2D eigenvalue weighted by molar-refractivity contribution is 7.14. The Morgan fingerprint density at radius 2 is 2.17 bits per heavy atom. The van der Waals surface area contributed by atoms with Gasteiger partial charge in [0.1, 0.15) is 5.76 Å². The number of fused-ring (bicyclic) bond motifs is 1. The molecule has 0 bridgehead atoms. The summed E-state index contributed by atoms with van der Waals surface area (Å²) in [5.74, 6) is 1.73. The molecule has 0 radical (unpaired) electrons. The molecular weight excluding hydrogens is 320 g/mol. The molecule has 0 saturated carbocycles. The maximum Gasteiger partial charge on any atom is 0.162 e. The van der Waals surface area contributed by atoms with Crippen LogP contribution in [0.1, 0.15) is 35.1 Å². The maximum absolute atomic E-state index is 10.3. The normalized spacial score (nSPS) is 17.6. The van der Waals surface area contributed by atoms with Gasteiger partial charge in [0.2, 0.25) is 0 Å². The van der Waals surface area contributed by atoms with E-state index in [1.807, 2.05) is 43.5 Å². The Morgan fingerprint density at radius 3 is 3.00 bits per heavy atom. The van der Waals surface area contributed by atoms with Gasteiger partial charge in [-0.15, -0.1) is 11.3 Å². The van der Waals surface area contributed by atoms with Gasteiger partial charge in [-0.05, 0) is 38.0 Å². The van der Waals surface area contributed by atoms with Gasteiger partial charge in [0.05, 0.1) is 12.6 Å². The number of aryl methyl sites for hydroxylation is 1. The predicted molar refractivity (Wildman–Crippen MR) is 96.2 cm³/mol. The topological polar surface area (TPSA) is 49.5 Å². The van der Waals surface area contributed by atoms with E-state index in [0.29, 0.717) is 0 Å². The monoisotopic (exact) mass is 340 g/mol. The first-order chi connectivity index (χ1) is 11.7. The number of aromatic nitrogens is 1. The Hall–Kier alpha value is -2.11. The average Bonchev–Trinajstić information content (AvgIpc) is 3.19. The van der Waals surface area contributed by atoms with Crippen LogP contribution in [0.3, 0.4) is 0 Å². The maximum atomic E-state index is 10.3. The van der Waals surface area contributed by atoms with Crippen LogP contribution in [0.15, 0.2) is 47.0 Å². The fourth-order valence-corrected chi connectivity index (χ4v) is 4.09. The van der Waals surface area contributed by atoms with Gasteiger partial charge in [0.15, 0.2) is 10.8 Å². The zero-order valence-corrected chi connectivity index (χ0v) is 14.4. The summed E-state index contributed by atoms with van der Waals surface area (Å²) in [5, 5.41) is 11.2. The predicted octanol–water partition coefficient (Wildman–Crippen LogP) is 4.55. The number of benzene rings is 1. The van der Waals surface area contributed by atoms with Gasteiger partial charge in [-0.2, -0.15) is 0 Å². The van der Waals surface area contributed by atoms with E-state index >= 15 is 0 Å². The van der Waals surface area contributed by atoms with Crippen molar-refractivity contribution >= 4 is 17.0 Å². The van der Waals surface area contributed by atoms with Gasteiger partial charge in [-0.25, -0.2) is 4.98 Å². The number of para-hydroxylation sites is 1. The van der Waals surface area contributed by atoms with Crippen LogP contribution >= 0.6 is 11.3 Å². The highest BCUT2D eigenvalue weighted by atomic mass is 32.1. The van der Waals surface area contributed by atoms with Crippen molar-refractivity contribution < 1.29 is 9.52 Å². The summed E-state index contributed by atoms with van der Waals surface area (Å²) in [6.07, 6.45) is 3.36. The molecule has 0 unspecified atom stereocenters. The molecule has 1 aliphatic heterocycles. The van der Waals surface area contributed by atoms with Crippen molar-refractivity contribution in [3.8, 4) is 10.8 Å². The van der Waals surface area contributed by atoms with Gasteiger partial charge in [0, 0.05) is 28.9 Å². The van der Waals surface area contributed by atoms with Crippen molar-refractivity contribution in [3.05, 3.63) is 58.8 Å². The lowest BCUT2D eigenvalue weighted by Gasteiger charge is -2.24. The molecule has 1 N–H and O–H groups in total. The van der Waals surface area contributed by atoms with Gasteiger partial charge in [-0.3, -0.25) is 0 Å². The summed E-state index contributed by atoms with van der Waals surface area (Å²) in [7, 11) is 0. The summed E-state index contributed by atoms with van der Waals surface area (Å²) in [5.41, 5.74) is 2.16. The Morgan fingerprint density at radius 1 is 1.29 bits per heavy atom. The third-order valence-electron chi connectivity index (χ3n) is 4.39. The lowest BCUT2D eigenvalue weighted by atomic mass is 10.0. The van der Waals surface area contributed by atoms with Gasteiger partial charge in [0.25, 0.3) is 0 Å². The summed E-state index contributed by atoms with van der Waals surface area (Å²) in [6.45, 7) is 3.69. The summed E-state index contributed by atoms with van der Waals surface area (Å²) in [4.78, 5) is 8.05. The molecule has 0 saturated heterocycles. The van der Waals surface area contributed by atoms with Crippen LogP contribution in [0.2, 0.25) is 0 Å². The van der Waals surface area contributed by atoms with Crippen LogP contribution in [0.5, 0.6) is 0 Å². The van der Waals surface area contributed by atoms with E-state index in [2.05, 4.69) is 16.0 Å². The van der Waals surface area contributed by atoms with Crippen LogP contribution in [-0.2, 0) is 6.54 Å². The second-order valence-electron chi connectivity index (χ2n) is 6.18. The number of furan rings is 1. The van der Waals surface area contributed by atoms with Crippen molar-refractivity contribution in [2.75, 3.05) is 11.4 Å². The van der Waals surface area contributed by atoms with Crippen LogP contribution in [0.4, 0.5) is 5.69 Å². The van der Waals surface area contributed by atoms with Crippen LogP contribution in [0.25, 0.3) is 10.8 Å². The van der Waals surface area contributed by atoms with Crippen LogP contribution < -0.4 is 4.90 Å². The molecule has 0 aliphatic carbocycles. The highest BCUT2D eigenvalue weighted by Crippen LogP contribution is 2.35. The Kier molecular flexibility index (Phi) is 4.12. The lowest BCUT2D eigenvalue weighted by Crippen LogP contribution is -2.22. The van der Waals surface area contributed by atoms with E-state index in [1.165, 1.54) is 4.88 Å². The van der Waals surface area contributed by atoms with Crippen molar-refractivity contribution in [1.82, 2.24) is 4.98 Å². The minimum Gasteiger partial charge on any atom is -0.459 e. The van der Waals surface area contributed by atoms with E-state index in [0.717, 1.165) is 53.7 Å². The van der Waals surface area contributed by atoms with E-state index in [9.17, 15) is 5.11 Å². The second-order valence-corrected chi connectivity index (χ2v) is 7.30. The summed E-state index contributed by atoms with van der Waals surface area (Å²) < 4.78 is 5.66. The molecule has 1 aromatic carbocycles. The SMILES string of the molecule is Cc1ccc(-c2ncc(CN3CCC[C@H](O)c4ccccc43)s2)o1. The van der Waals surface area contributed by atoms with E-state index < -0.39 is 0 Å². The minimum atomic E-state index is -0.366. The van der Waals surface area contributed by atoms with E-state index in [-0.39, 0.29) is 6.10 Å². The largest absolute Gasteiger partial charge is 0.459 e. The second kappa shape index (κ2) is 6.42. The standard InChI is InChI=1S/C19H20N2O2S/c1-13-8-9-18(23-13)19-20-11-14(24-19)12-21-10-4-7-17(22)15-5-2-3-6-16(15)21/h2-3,5-6,8-9,11,17,22H,4,7,10,12H2,1H3/t17-/m0/s1. The summed E-state index contributed by atoms with van der Waals surface area (Å²) >= 11 is 1.67. The molecule has 3 aromatic rings. The fourth-order valence-electron chi connectivity index (χ4n) is 3.21. The number of nitrogens with zero attached hydrogens (tertiary/aromatic N) is 2. The average molecular weight is 340 g/mol. The van der Waals surface area contributed by atoms with Crippen LogP contribution in [-0.4, -0.2) is 16.6 Å². The van der Waals surface area contributed by atoms with Gasteiger partial charge < -0.3 is 14.4 Å². The molecule has 1 aliphatic rings. The summed E-state index contributed by atoms with van der Waals surface area (Å²) in [6, 6.07) is 12.1. The number of hydrogen-bond acceptors (Lipinski definition) is 5. The number of anilines is 1. The minimum absolute atomic E-state index is 0.366. The third-order valence-corrected chi connectivity index (χ3v) is 5.39. The quantitative estimate of drug-likeness (QED) is 0.760. The van der Waals surface area contributed by atoms with Crippen LogP contribution in [0, 0.1) is 6.92 Å². The molecule has 3 heterocycles. The Balaban J connectivity index is 1.59. The molecule has 4 nitrogen and oxygen atoms in total. The Bertz CT molecular complexity index is 839. The first-order valence-electron chi connectivity index (χ1n) is 8.24. The number of rotatable bonds is 3. The molecule has 0 fully saturated rings. The molecule has 2 aromatic heterocycles. The highest BCUT2D eigenvalue weighted by Gasteiger charge is 2.21. The smallest absolute Gasteiger partial charge is 0.162 e. The molecule has 0 amide bonds. The molecule has 4 rings (SSSR count). The molecule has 5 heteroatoms. The molecule has 124 valence electrons. The zero-order valence-electron chi connectivity index (χ0n) is 13.6.